The molecule has 0 N–H and O–H groups in total. The zero-order chi connectivity index (χ0) is 16.8. The van der Waals surface area contributed by atoms with Crippen LogP contribution in [0.15, 0.2) is 63.8 Å². The van der Waals surface area contributed by atoms with E-state index < -0.39 is 0 Å². The van der Waals surface area contributed by atoms with Crippen LogP contribution in [0.2, 0.25) is 0 Å². The van der Waals surface area contributed by atoms with E-state index in [1.54, 1.807) is 34.9 Å². The lowest BCUT2D eigenvalue weighted by Gasteiger charge is -1.99. The van der Waals surface area contributed by atoms with Crippen LogP contribution in [0.25, 0.3) is 6.08 Å². The van der Waals surface area contributed by atoms with Gasteiger partial charge in [-0.15, -0.1) is 10.2 Å². The van der Waals surface area contributed by atoms with E-state index in [0.717, 1.165) is 25.7 Å². The topological polar surface area (TPSA) is 25.8 Å². The first-order valence-corrected chi connectivity index (χ1v) is 11.1. The van der Waals surface area contributed by atoms with Crippen LogP contribution in [0.1, 0.15) is 16.7 Å². The van der Waals surface area contributed by atoms with Gasteiger partial charge in [-0.05, 0) is 51.4 Å². The van der Waals surface area contributed by atoms with Gasteiger partial charge in [-0.3, -0.25) is 0 Å². The molecule has 0 bridgehead atoms. The Labute approximate surface area is 168 Å². The smallest absolute Gasteiger partial charge is 0.131 e. The number of hydrogen-bond acceptors (Lipinski definition) is 5. The van der Waals surface area contributed by atoms with Crippen molar-refractivity contribution in [3.05, 3.63) is 75.4 Å². The molecule has 2 nitrogen and oxygen atoms in total. The highest BCUT2D eigenvalue weighted by Crippen LogP contribution is 2.32. The Bertz CT molecular complexity index is 798. The average molecular weight is 482 g/mol. The second-order valence-electron chi connectivity index (χ2n) is 4.98. The molecule has 2 aromatic carbocycles. The van der Waals surface area contributed by atoms with E-state index in [2.05, 4.69) is 87.9 Å². The van der Waals surface area contributed by atoms with Crippen molar-refractivity contribution in [2.45, 2.75) is 20.2 Å². The van der Waals surface area contributed by atoms with Crippen LogP contribution in [0.4, 0.5) is 0 Å². The Hall–Kier alpha value is -0.830. The number of hydrogen-bond donors (Lipinski definition) is 0. The predicted octanol–water partition coefficient (Wildman–Crippen LogP) is 6.37. The molecule has 0 aliphatic heterocycles. The van der Waals surface area contributed by atoms with Crippen LogP contribution in [0.5, 0.6) is 0 Å². The highest BCUT2D eigenvalue weighted by atomic mass is 127. The first-order chi connectivity index (χ1) is 11.7. The minimum Gasteiger partial charge on any atom is -0.131 e. The van der Waals surface area contributed by atoms with E-state index in [1.807, 2.05) is 6.08 Å². The number of aromatic nitrogens is 2. The van der Waals surface area contributed by atoms with E-state index in [0.29, 0.717) is 0 Å². The minimum atomic E-state index is 0.911. The lowest BCUT2D eigenvalue weighted by atomic mass is 10.1. The summed E-state index contributed by atoms with van der Waals surface area (Å²) in [6.07, 6.45) is 1.86. The fraction of sp³-hybridized carbons (Fsp3) is 0.111. The molecule has 1 aromatic heterocycles. The molecule has 0 radical (unpaired) electrons. The molecule has 0 aliphatic carbocycles. The summed E-state index contributed by atoms with van der Waals surface area (Å²) in [7, 11) is 0. The molecular formula is C18H15IN2S3. The molecule has 122 valence electrons. The number of rotatable bonds is 7. The summed E-state index contributed by atoms with van der Waals surface area (Å²) in [6, 6.07) is 17.0. The summed E-state index contributed by atoms with van der Waals surface area (Å²) in [4.78, 5) is 0. The Morgan fingerprint density at radius 3 is 1.88 bits per heavy atom. The Kier molecular flexibility index (Phi) is 6.76. The maximum Gasteiger partial charge on any atom is 0.175 e. The van der Waals surface area contributed by atoms with Gasteiger partial charge in [0.05, 0.1) is 0 Å². The number of nitrogens with zero attached hydrogens (tertiary/aromatic N) is 2. The fourth-order valence-electron chi connectivity index (χ4n) is 1.93. The summed E-state index contributed by atoms with van der Waals surface area (Å²) >= 11 is 7.47. The van der Waals surface area contributed by atoms with E-state index in [9.17, 15) is 0 Å². The second kappa shape index (κ2) is 9.03. The largest absolute Gasteiger partial charge is 0.175 e. The molecule has 6 heteroatoms. The van der Waals surface area contributed by atoms with Crippen LogP contribution < -0.4 is 0 Å². The molecule has 1 heterocycles. The summed E-state index contributed by atoms with van der Waals surface area (Å²) in [6.45, 7) is 3.78. The van der Waals surface area contributed by atoms with Crippen LogP contribution in [0, 0.1) is 3.57 Å². The third-order valence-corrected chi connectivity index (χ3v) is 7.29. The van der Waals surface area contributed by atoms with Crippen molar-refractivity contribution >= 4 is 63.5 Å². The van der Waals surface area contributed by atoms with Crippen LogP contribution in [0.3, 0.4) is 0 Å². The van der Waals surface area contributed by atoms with Gasteiger partial charge in [0.25, 0.3) is 0 Å². The number of halogens is 1. The van der Waals surface area contributed by atoms with Crippen molar-refractivity contribution in [3.63, 3.8) is 0 Å². The molecule has 0 unspecified atom stereocenters. The lowest BCUT2D eigenvalue weighted by molar-refractivity contribution is 0.954. The second-order valence-corrected chi connectivity index (χ2v) is 9.65. The van der Waals surface area contributed by atoms with E-state index in [4.69, 9.17) is 0 Å². The lowest BCUT2D eigenvalue weighted by Crippen LogP contribution is -1.81. The standard InChI is InChI=1S/C18H15IN2S3/c1-2-13-3-5-14(6-4-13)11-22-17-20-21-18(24-17)23-12-15-7-9-16(19)10-8-15/h2-10H,1,11-12H2. The van der Waals surface area contributed by atoms with Gasteiger partial charge in [0, 0.05) is 15.1 Å². The Morgan fingerprint density at radius 1 is 0.875 bits per heavy atom. The van der Waals surface area contributed by atoms with Gasteiger partial charge in [0.2, 0.25) is 0 Å². The summed E-state index contributed by atoms with van der Waals surface area (Å²) in [5.41, 5.74) is 3.75. The van der Waals surface area contributed by atoms with Gasteiger partial charge in [0.15, 0.2) is 8.68 Å². The molecule has 0 saturated heterocycles. The normalized spacial score (nSPS) is 10.7. The van der Waals surface area contributed by atoms with Crippen LogP contribution >= 0.6 is 57.5 Å². The van der Waals surface area contributed by atoms with Gasteiger partial charge < -0.3 is 0 Å². The molecule has 3 rings (SSSR count). The molecule has 0 amide bonds. The van der Waals surface area contributed by atoms with Crippen LogP contribution in [-0.2, 0) is 11.5 Å². The molecule has 0 aliphatic rings. The molecule has 24 heavy (non-hydrogen) atoms. The zero-order valence-corrected chi connectivity index (χ0v) is 17.4. The molecule has 0 atom stereocenters. The van der Waals surface area contributed by atoms with E-state index >= 15 is 0 Å². The highest BCUT2D eigenvalue weighted by molar-refractivity contribution is 14.1. The predicted molar refractivity (Wildman–Crippen MR) is 115 cm³/mol. The van der Waals surface area contributed by atoms with Gasteiger partial charge >= 0.3 is 0 Å². The maximum atomic E-state index is 4.28. The third kappa shape index (κ3) is 5.34. The molecule has 0 saturated carbocycles. The third-order valence-electron chi connectivity index (χ3n) is 3.24. The number of benzene rings is 2. The quantitative estimate of drug-likeness (QED) is 0.289. The number of thioether (sulfide) groups is 2. The van der Waals surface area contributed by atoms with Gasteiger partial charge in [-0.1, -0.05) is 83.9 Å². The Balaban J connectivity index is 1.51. The SMILES string of the molecule is C=Cc1ccc(CSc2nnc(SCc3ccc(I)cc3)s2)cc1. The molecule has 0 spiro atoms. The Morgan fingerprint density at radius 2 is 1.38 bits per heavy atom. The van der Waals surface area contributed by atoms with Crippen molar-refractivity contribution in [1.82, 2.24) is 10.2 Å². The van der Waals surface area contributed by atoms with E-state index in [1.165, 1.54) is 14.7 Å². The van der Waals surface area contributed by atoms with Crippen molar-refractivity contribution in [2.75, 3.05) is 0 Å². The van der Waals surface area contributed by atoms with Crippen molar-refractivity contribution < 1.29 is 0 Å². The highest BCUT2D eigenvalue weighted by Gasteiger charge is 2.06. The fourth-order valence-corrected chi connectivity index (χ4v) is 5.23. The monoisotopic (exact) mass is 482 g/mol. The molecule has 0 fully saturated rings. The van der Waals surface area contributed by atoms with Crippen molar-refractivity contribution in [3.8, 4) is 0 Å². The van der Waals surface area contributed by atoms with Gasteiger partial charge in [0.1, 0.15) is 0 Å². The molecule has 3 aromatic rings. The summed E-state index contributed by atoms with van der Waals surface area (Å²) in [5.74, 6) is 1.84. The van der Waals surface area contributed by atoms with Crippen molar-refractivity contribution in [2.24, 2.45) is 0 Å². The van der Waals surface area contributed by atoms with Gasteiger partial charge in [-0.25, -0.2) is 0 Å². The zero-order valence-electron chi connectivity index (χ0n) is 12.8. The van der Waals surface area contributed by atoms with Crippen molar-refractivity contribution in [1.29, 1.82) is 0 Å². The van der Waals surface area contributed by atoms with E-state index in [-0.39, 0.29) is 0 Å². The summed E-state index contributed by atoms with van der Waals surface area (Å²) < 4.78 is 3.31. The first kappa shape index (κ1) is 18.0. The summed E-state index contributed by atoms with van der Waals surface area (Å²) in [5, 5.41) is 8.57. The van der Waals surface area contributed by atoms with Crippen LogP contribution in [-0.4, -0.2) is 10.2 Å². The molecular weight excluding hydrogens is 467 g/mol. The minimum absolute atomic E-state index is 0.911. The van der Waals surface area contributed by atoms with Gasteiger partial charge in [-0.2, -0.15) is 0 Å². The first-order valence-electron chi connectivity index (χ1n) is 7.28. The maximum absolute atomic E-state index is 4.28. The average Bonchev–Trinajstić information content (AvgIpc) is 3.08.